The Kier molecular flexibility index (Phi) is 4.50. The summed E-state index contributed by atoms with van der Waals surface area (Å²) < 4.78 is 52.8. The Hall–Kier alpha value is -2.63. The van der Waals surface area contributed by atoms with Crippen LogP contribution in [0, 0.1) is 17.1 Å². The second-order valence-corrected chi connectivity index (χ2v) is 8.26. The molecule has 2 aromatic rings. The first-order chi connectivity index (χ1) is 13.0. The molecule has 6 nitrogen and oxygen atoms in total. The second kappa shape index (κ2) is 6.83. The van der Waals surface area contributed by atoms with Gasteiger partial charge < -0.3 is 9.47 Å². The van der Waals surface area contributed by atoms with Crippen LogP contribution >= 0.6 is 0 Å². The first-order valence-electron chi connectivity index (χ1n) is 8.62. The fourth-order valence-corrected chi connectivity index (χ4v) is 5.42. The molecular formula is C19H17FN2O4S. The van der Waals surface area contributed by atoms with Crippen molar-refractivity contribution in [3.05, 3.63) is 53.3 Å². The molecule has 2 heterocycles. The predicted molar refractivity (Wildman–Crippen MR) is 94.4 cm³/mol. The largest absolute Gasteiger partial charge is 0.486 e. The lowest BCUT2D eigenvalue weighted by Crippen LogP contribution is -2.31. The van der Waals surface area contributed by atoms with Gasteiger partial charge in [0.2, 0.25) is 10.0 Å². The van der Waals surface area contributed by atoms with Crippen LogP contribution in [-0.4, -0.2) is 32.5 Å². The van der Waals surface area contributed by atoms with Crippen LogP contribution in [0.1, 0.15) is 30.0 Å². The highest BCUT2D eigenvalue weighted by atomic mass is 32.2. The number of rotatable bonds is 3. The number of benzene rings is 2. The molecule has 140 valence electrons. The van der Waals surface area contributed by atoms with E-state index in [1.807, 2.05) is 6.07 Å². The van der Waals surface area contributed by atoms with Gasteiger partial charge >= 0.3 is 0 Å². The van der Waals surface area contributed by atoms with Crippen LogP contribution in [0.5, 0.6) is 11.5 Å². The number of nitriles is 1. The molecule has 1 saturated heterocycles. The molecule has 0 amide bonds. The molecule has 0 N–H and O–H groups in total. The molecule has 0 radical (unpaired) electrons. The van der Waals surface area contributed by atoms with E-state index in [1.165, 1.54) is 16.4 Å². The van der Waals surface area contributed by atoms with E-state index in [4.69, 9.17) is 9.47 Å². The molecule has 0 aliphatic carbocycles. The molecule has 1 fully saturated rings. The van der Waals surface area contributed by atoms with Crippen LogP contribution in [0.2, 0.25) is 0 Å². The first kappa shape index (κ1) is 17.8. The smallest absolute Gasteiger partial charge is 0.245 e. The van der Waals surface area contributed by atoms with Crippen molar-refractivity contribution >= 4 is 10.0 Å². The van der Waals surface area contributed by atoms with E-state index in [9.17, 15) is 18.1 Å². The minimum atomic E-state index is -4.02. The second-order valence-electron chi connectivity index (χ2n) is 6.40. The summed E-state index contributed by atoms with van der Waals surface area (Å²) >= 11 is 0. The summed E-state index contributed by atoms with van der Waals surface area (Å²) in [6.07, 6.45) is 1.31. The first-order valence-corrected chi connectivity index (χ1v) is 10.1. The van der Waals surface area contributed by atoms with E-state index < -0.39 is 27.4 Å². The third-order valence-electron chi connectivity index (χ3n) is 4.83. The number of halogens is 1. The highest BCUT2D eigenvalue weighted by Crippen LogP contribution is 2.41. The van der Waals surface area contributed by atoms with Crippen LogP contribution in [0.3, 0.4) is 0 Å². The van der Waals surface area contributed by atoms with Crippen LogP contribution in [0.15, 0.2) is 41.3 Å². The lowest BCUT2D eigenvalue weighted by Gasteiger charge is -2.26. The molecule has 4 rings (SSSR count). The van der Waals surface area contributed by atoms with E-state index in [1.54, 1.807) is 18.2 Å². The maximum atomic E-state index is 13.9. The summed E-state index contributed by atoms with van der Waals surface area (Å²) in [7, 11) is -4.02. The molecule has 2 aliphatic rings. The quantitative estimate of drug-likeness (QED) is 0.808. The van der Waals surface area contributed by atoms with E-state index in [0.29, 0.717) is 44.1 Å². The maximum Gasteiger partial charge on any atom is 0.245 e. The zero-order valence-electron chi connectivity index (χ0n) is 14.4. The average molecular weight is 388 g/mol. The van der Waals surface area contributed by atoms with Crippen molar-refractivity contribution in [1.82, 2.24) is 4.31 Å². The summed E-state index contributed by atoms with van der Waals surface area (Å²) in [5, 5.41) is 9.22. The molecule has 8 heteroatoms. The summed E-state index contributed by atoms with van der Waals surface area (Å²) in [5.74, 6) is 0.384. The number of nitrogens with zero attached hydrogens (tertiary/aromatic N) is 2. The van der Waals surface area contributed by atoms with E-state index in [-0.39, 0.29) is 4.90 Å². The summed E-state index contributed by atoms with van der Waals surface area (Å²) in [4.78, 5) is -0.297. The number of fused-ring (bicyclic) bond motifs is 1. The van der Waals surface area contributed by atoms with Crippen LogP contribution in [0.4, 0.5) is 4.39 Å². The lowest BCUT2D eigenvalue weighted by atomic mass is 10.0. The summed E-state index contributed by atoms with van der Waals surface area (Å²) in [6, 6.07) is 10.3. The van der Waals surface area contributed by atoms with Crippen LogP contribution in [-0.2, 0) is 10.0 Å². The van der Waals surface area contributed by atoms with E-state index >= 15 is 0 Å². The number of ether oxygens (including phenoxy) is 2. The van der Waals surface area contributed by atoms with Gasteiger partial charge in [-0.3, -0.25) is 0 Å². The Labute approximate surface area is 156 Å². The van der Waals surface area contributed by atoms with Crippen molar-refractivity contribution in [3.8, 4) is 17.6 Å². The van der Waals surface area contributed by atoms with Crippen LogP contribution in [0.25, 0.3) is 0 Å². The monoisotopic (exact) mass is 388 g/mol. The zero-order valence-corrected chi connectivity index (χ0v) is 15.2. The van der Waals surface area contributed by atoms with Gasteiger partial charge in [0.05, 0.1) is 6.04 Å². The van der Waals surface area contributed by atoms with Gasteiger partial charge in [-0.25, -0.2) is 12.8 Å². The maximum absolute atomic E-state index is 13.9. The van der Waals surface area contributed by atoms with Crippen molar-refractivity contribution in [2.45, 2.75) is 23.8 Å². The van der Waals surface area contributed by atoms with Gasteiger partial charge in [0, 0.05) is 6.54 Å². The molecule has 27 heavy (non-hydrogen) atoms. The zero-order chi connectivity index (χ0) is 19.0. The minimum absolute atomic E-state index is 0.297. The molecule has 0 aromatic heterocycles. The Morgan fingerprint density at radius 2 is 1.93 bits per heavy atom. The number of sulfonamides is 1. The van der Waals surface area contributed by atoms with Crippen LogP contribution < -0.4 is 9.47 Å². The fourth-order valence-electron chi connectivity index (χ4n) is 3.58. The van der Waals surface area contributed by atoms with Gasteiger partial charge in [-0.05, 0) is 42.7 Å². The number of hydrogen-bond donors (Lipinski definition) is 0. The van der Waals surface area contributed by atoms with Crippen molar-refractivity contribution in [2.24, 2.45) is 0 Å². The molecule has 2 aromatic carbocycles. The number of hydrogen-bond acceptors (Lipinski definition) is 5. The third kappa shape index (κ3) is 3.03. The third-order valence-corrected chi connectivity index (χ3v) is 6.78. The normalized spacial score (nSPS) is 19.6. The van der Waals surface area contributed by atoms with E-state index in [0.717, 1.165) is 11.6 Å². The topological polar surface area (TPSA) is 79.6 Å². The molecule has 0 bridgehead atoms. The van der Waals surface area contributed by atoms with Crippen molar-refractivity contribution < 1.29 is 22.3 Å². The summed E-state index contributed by atoms with van der Waals surface area (Å²) in [6.45, 7) is 1.23. The average Bonchev–Trinajstić information content (AvgIpc) is 3.18. The van der Waals surface area contributed by atoms with E-state index in [2.05, 4.69) is 0 Å². The Morgan fingerprint density at radius 1 is 1.15 bits per heavy atom. The molecular weight excluding hydrogens is 371 g/mol. The highest BCUT2D eigenvalue weighted by Gasteiger charge is 2.38. The van der Waals surface area contributed by atoms with Crippen molar-refractivity contribution in [1.29, 1.82) is 5.26 Å². The fraction of sp³-hybridized carbons (Fsp3) is 0.316. The predicted octanol–water partition coefficient (Wildman–Crippen LogP) is 2.99. The summed E-state index contributed by atoms with van der Waals surface area (Å²) in [5.41, 5.74) is 0.334. The minimum Gasteiger partial charge on any atom is -0.486 e. The molecule has 1 atom stereocenters. The highest BCUT2D eigenvalue weighted by molar-refractivity contribution is 7.89. The molecule has 1 unspecified atom stereocenters. The molecule has 0 spiro atoms. The lowest BCUT2D eigenvalue weighted by molar-refractivity contribution is 0.171. The molecule has 0 saturated carbocycles. The van der Waals surface area contributed by atoms with Gasteiger partial charge in [0.25, 0.3) is 0 Å². The standard InChI is InChI=1S/C19H17FN2O4S/c20-15-3-1-5-19(14(15)12-21)27(23,24)22-8-2-4-16(22)13-6-7-17-18(11-13)26-10-9-25-17/h1,3,5-7,11,16H,2,4,8-10H2. The Morgan fingerprint density at radius 3 is 2.70 bits per heavy atom. The SMILES string of the molecule is N#Cc1c(F)cccc1S(=O)(=O)N1CCCC1c1ccc2c(c1)OCCO2. The van der Waals surface area contributed by atoms with Gasteiger partial charge in [-0.1, -0.05) is 12.1 Å². The van der Waals surface area contributed by atoms with Crippen molar-refractivity contribution in [2.75, 3.05) is 19.8 Å². The van der Waals surface area contributed by atoms with Gasteiger partial charge in [-0.15, -0.1) is 0 Å². The Balaban J connectivity index is 1.73. The van der Waals surface area contributed by atoms with Gasteiger partial charge in [0.1, 0.15) is 35.6 Å². The Bertz CT molecular complexity index is 1030. The van der Waals surface area contributed by atoms with Crippen molar-refractivity contribution in [3.63, 3.8) is 0 Å². The molecule has 2 aliphatic heterocycles. The van der Waals surface area contributed by atoms with Gasteiger partial charge in [-0.2, -0.15) is 9.57 Å². The van der Waals surface area contributed by atoms with Gasteiger partial charge in [0.15, 0.2) is 11.5 Å².